The first-order valence-electron chi connectivity index (χ1n) is 6.95. The topological polar surface area (TPSA) is 45.6 Å². The second kappa shape index (κ2) is 8.51. The highest BCUT2D eigenvalue weighted by molar-refractivity contribution is 7.15. The van der Waals surface area contributed by atoms with Crippen LogP contribution in [0.15, 0.2) is 0 Å². The minimum Gasteiger partial charge on any atom is -0.391 e. The van der Waals surface area contributed by atoms with Gasteiger partial charge in [-0.1, -0.05) is 38.5 Å². The van der Waals surface area contributed by atoms with E-state index in [1.165, 1.54) is 0 Å². The molecule has 0 unspecified atom stereocenters. The van der Waals surface area contributed by atoms with E-state index in [2.05, 4.69) is 25.7 Å². The fourth-order valence-corrected chi connectivity index (χ4v) is 2.97. The molecule has 0 aliphatic rings. The van der Waals surface area contributed by atoms with Gasteiger partial charge in [-0.25, -0.2) is 4.98 Å². The normalized spacial score (nSPS) is 11.3. The highest BCUT2D eigenvalue weighted by Crippen LogP contribution is 2.28. The number of rotatable bonds is 9. The van der Waals surface area contributed by atoms with Gasteiger partial charge in [0.1, 0.15) is 0 Å². The third-order valence-electron chi connectivity index (χ3n) is 2.82. The monoisotopic (exact) mass is 286 g/mol. The molecule has 0 bridgehead atoms. The summed E-state index contributed by atoms with van der Waals surface area (Å²) in [6, 6.07) is 0. The number of nitrogens with zero attached hydrogens (tertiary/aromatic N) is 2. The molecule has 0 spiro atoms. The van der Waals surface area contributed by atoms with Crippen LogP contribution in [0.1, 0.15) is 37.8 Å². The highest BCUT2D eigenvalue weighted by Gasteiger charge is 2.16. The van der Waals surface area contributed by atoms with Crippen LogP contribution in [0, 0.1) is 5.92 Å². The van der Waals surface area contributed by atoms with Crippen molar-refractivity contribution in [1.82, 2.24) is 4.98 Å². The van der Waals surface area contributed by atoms with Gasteiger partial charge in [0.05, 0.1) is 23.8 Å². The molecular weight excluding hydrogens is 260 g/mol. The maximum Gasteiger partial charge on any atom is 0.185 e. The molecule has 0 aromatic carbocycles. The fraction of sp³-hybridized carbons (Fsp3) is 0.786. The van der Waals surface area contributed by atoms with Gasteiger partial charge in [0.25, 0.3) is 0 Å². The van der Waals surface area contributed by atoms with Crippen molar-refractivity contribution < 1.29 is 9.84 Å². The third-order valence-corrected chi connectivity index (χ3v) is 3.96. The zero-order chi connectivity index (χ0) is 14.3. The van der Waals surface area contributed by atoms with Crippen molar-refractivity contribution in [2.75, 3.05) is 31.7 Å². The van der Waals surface area contributed by atoms with Gasteiger partial charge in [0, 0.05) is 20.2 Å². The zero-order valence-electron chi connectivity index (χ0n) is 12.5. The van der Waals surface area contributed by atoms with E-state index >= 15 is 0 Å². The number of anilines is 1. The summed E-state index contributed by atoms with van der Waals surface area (Å²) >= 11 is 1.61. The van der Waals surface area contributed by atoms with Crippen molar-refractivity contribution >= 4 is 16.5 Å². The predicted molar refractivity (Wildman–Crippen MR) is 81.0 cm³/mol. The van der Waals surface area contributed by atoms with E-state index < -0.39 is 0 Å². The summed E-state index contributed by atoms with van der Waals surface area (Å²) in [5, 5.41) is 10.4. The molecule has 1 aromatic heterocycles. The first-order chi connectivity index (χ1) is 9.12. The zero-order valence-corrected chi connectivity index (χ0v) is 13.3. The standard InChI is InChI=1S/C14H26N2O2S/c1-5-6-12-13(10-17)19-14(15-12)16(7-8-18-4)9-11(2)3/h11,17H,5-10H2,1-4H3. The van der Waals surface area contributed by atoms with E-state index in [9.17, 15) is 5.11 Å². The van der Waals surface area contributed by atoms with Crippen molar-refractivity contribution in [1.29, 1.82) is 0 Å². The number of aliphatic hydroxyl groups excluding tert-OH is 1. The van der Waals surface area contributed by atoms with Gasteiger partial charge < -0.3 is 14.7 Å². The molecule has 1 aromatic rings. The van der Waals surface area contributed by atoms with Crippen LogP contribution in [0.3, 0.4) is 0 Å². The summed E-state index contributed by atoms with van der Waals surface area (Å²) < 4.78 is 5.17. The van der Waals surface area contributed by atoms with Crippen LogP contribution in [-0.4, -0.2) is 36.9 Å². The molecule has 0 saturated heterocycles. The Morgan fingerprint density at radius 3 is 2.68 bits per heavy atom. The first kappa shape index (κ1) is 16.4. The Morgan fingerprint density at radius 1 is 1.42 bits per heavy atom. The van der Waals surface area contributed by atoms with Crippen LogP contribution in [0.4, 0.5) is 5.13 Å². The highest BCUT2D eigenvalue weighted by atomic mass is 32.1. The van der Waals surface area contributed by atoms with Gasteiger partial charge in [0.2, 0.25) is 0 Å². The van der Waals surface area contributed by atoms with Gasteiger partial charge in [-0.05, 0) is 12.3 Å². The largest absolute Gasteiger partial charge is 0.391 e. The molecule has 0 radical (unpaired) electrons. The smallest absolute Gasteiger partial charge is 0.185 e. The lowest BCUT2D eigenvalue weighted by Crippen LogP contribution is -2.30. The molecule has 0 aliphatic heterocycles. The molecule has 5 heteroatoms. The van der Waals surface area contributed by atoms with E-state index in [0.29, 0.717) is 12.5 Å². The number of hydrogen-bond acceptors (Lipinski definition) is 5. The van der Waals surface area contributed by atoms with Crippen LogP contribution in [0.25, 0.3) is 0 Å². The second-order valence-corrected chi connectivity index (χ2v) is 6.17. The van der Waals surface area contributed by atoms with Crippen LogP contribution >= 0.6 is 11.3 Å². The molecule has 4 nitrogen and oxygen atoms in total. The van der Waals surface area contributed by atoms with Gasteiger partial charge >= 0.3 is 0 Å². The second-order valence-electron chi connectivity index (χ2n) is 5.11. The Bertz CT molecular complexity index is 366. The summed E-state index contributed by atoms with van der Waals surface area (Å²) in [4.78, 5) is 7.97. The molecular formula is C14H26N2O2S. The minimum absolute atomic E-state index is 0.0901. The first-order valence-corrected chi connectivity index (χ1v) is 7.77. The number of thiazole rings is 1. The van der Waals surface area contributed by atoms with E-state index in [1.54, 1.807) is 18.4 Å². The van der Waals surface area contributed by atoms with E-state index in [0.717, 1.165) is 41.6 Å². The molecule has 0 aliphatic carbocycles. The number of aliphatic hydroxyl groups is 1. The average Bonchev–Trinajstić information content (AvgIpc) is 2.77. The van der Waals surface area contributed by atoms with Gasteiger partial charge in [-0.3, -0.25) is 0 Å². The molecule has 1 rings (SSSR count). The van der Waals surface area contributed by atoms with Crippen molar-refractivity contribution in [3.63, 3.8) is 0 Å². The van der Waals surface area contributed by atoms with Crippen LogP contribution in [-0.2, 0) is 17.8 Å². The van der Waals surface area contributed by atoms with Crippen molar-refractivity contribution in [2.45, 2.75) is 40.2 Å². The van der Waals surface area contributed by atoms with Gasteiger partial charge in [-0.2, -0.15) is 0 Å². The lowest BCUT2D eigenvalue weighted by molar-refractivity contribution is 0.204. The number of ether oxygens (including phenoxy) is 1. The molecule has 19 heavy (non-hydrogen) atoms. The van der Waals surface area contributed by atoms with Crippen LogP contribution in [0.2, 0.25) is 0 Å². The fourth-order valence-electron chi connectivity index (χ4n) is 1.97. The lowest BCUT2D eigenvalue weighted by Gasteiger charge is -2.23. The van der Waals surface area contributed by atoms with E-state index in [1.807, 2.05) is 0 Å². The molecule has 0 amide bonds. The summed E-state index contributed by atoms with van der Waals surface area (Å²) in [5.74, 6) is 0.577. The Labute approximate surface area is 120 Å². The Balaban J connectivity index is 2.87. The van der Waals surface area contributed by atoms with Crippen LogP contribution in [0.5, 0.6) is 0 Å². The summed E-state index contributed by atoms with van der Waals surface area (Å²) in [6.07, 6.45) is 1.99. The third kappa shape index (κ3) is 5.09. The maximum absolute atomic E-state index is 9.43. The molecule has 0 atom stereocenters. The lowest BCUT2D eigenvalue weighted by atomic mass is 10.2. The average molecular weight is 286 g/mol. The number of aryl methyl sites for hydroxylation is 1. The molecule has 110 valence electrons. The number of aromatic nitrogens is 1. The Morgan fingerprint density at radius 2 is 2.16 bits per heavy atom. The number of methoxy groups -OCH3 is 1. The van der Waals surface area contributed by atoms with Crippen LogP contribution < -0.4 is 4.90 Å². The quantitative estimate of drug-likeness (QED) is 0.758. The SMILES string of the molecule is CCCc1nc(N(CCOC)CC(C)C)sc1CO. The molecule has 1 heterocycles. The van der Waals surface area contributed by atoms with Crippen molar-refractivity contribution in [3.05, 3.63) is 10.6 Å². The molecule has 0 fully saturated rings. The summed E-state index contributed by atoms with van der Waals surface area (Å²) in [6.45, 7) is 9.14. The Hall–Kier alpha value is -0.650. The minimum atomic E-state index is 0.0901. The van der Waals surface area contributed by atoms with E-state index in [4.69, 9.17) is 9.72 Å². The molecule has 1 N–H and O–H groups in total. The Kier molecular flexibility index (Phi) is 7.34. The maximum atomic E-state index is 9.43. The molecule has 0 saturated carbocycles. The number of hydrogen-bond donors (Lipinski definition) is 1. The predicted octanol–water partition coefficient (Wildman–Crippen LogP) is 2.70. The van der Waals surface area contributed by atoms with Gasteiger partial charge in [0.15, 0.2) is 5.13 Å². The van der Waals surface area contributed by atoms with Crippen molar-refractivity contribution in [2.24, 2.45) is 5.92 Å². The summed E-state index contributed by atoms with van der Waals surface area (Å²) in [7, 11) is 1.72. The van der Waals surface area contributed by atoms with Crippen molar-refractivity contribution in [3.8, 4) is 0 Å². The van der Waals surface area contributed by atoms with E-state index in [-0.39, 0.29) is 6.61 Å². The summed E-state index contributed by atoms with van der Waals surface area (Å²) in [5.41, 5.74) is 1.05. The van der Waals surface area contributed by atoms with Gasteiger partial charge in [-0.15, -0.1) is 0 Å².